The van der Waals surface area contributed by atoms with Gasteiger partial charge < -0.3 is 10.1 Å². The second-order valence-corrected chi connectivity index (χ2v) is 6.42. The standard InChI is InChI=1S/C16H21NO4S/c1-10(2)21-16(20)15(22-12(4)19)14(17-11(3)18)13-8-6-5-7-9-13/h5-10,14-15H,1-4H3,(H,17,18)/t14-,15-/m0/s1. The molecule has 0 aliphatic rings. The number of hydrogen-bond donors (Lipinski definition) is 1. The molecule has 0 heterocycles. The molecule has 0 aromatic heterocycles. The summed E-state index contributed by atoms with van der Waals surface area (Å²) >= 11 is 0.866. The molecule has 0 spiro atoms. The van der Waals surface area contributed by atoms with Crippen molar-refractivity contribution in [3.05, 3.63) is 35.9 Å². The smallest absolute Gasteiger partial charge is 0.322 e. The number of thioether (sulfide) groups is 1. The molecule has 0 saturated heterocycles. The number of ether oxygens (including phenoxy) is 1. The van der Waals surface area contributed by atoms with Crippen molar-refractivity contribution in [1.82, 2.24) is 5.32 Å². The quantitative estimate of drug-likeness (QED) is 0.814. The number of hydrogen-bond acceptors (Lipinski definition) is 5. The average molecular weight is 323 g/mol. The lowest BCUT2D eigenvalue weighted by atomic mass is 10.0. The van der Waals surface area contributed by atoms with Gasteiger partial charge in [0.25, 0.3) is 0 Å². The van der Waals surface area contributed by atoms with Crippen LogP contribution in [0.2, 0.25) is 0 Å². The first-order valence-electron chi connectivity index (χ1n) is 7.01. The van der Waals surface area contributed by atoms with Crippen LogP contribution in [0.4, 0.5) is 0 Å². The van der Waals surface area contributed by atoms with Crippen LogP contribution in [0.15, 0.2) is 30.3 Å². The third-order valence-electron chi connectivity index (χ3n) is 2.70. The summed E-state index contributed by atoms with van der Waals surface area (Å²) in [4.78, 5) is 35.4. The molecule has 22 heavy (non-hydrogen) atoms. The summed E-state index contributed by atoms with van der Waals surface area (Å²) in [6.45, 7) is 6.24. The molecular formula is C16H21NO4S. The van der Waals surface area contributed by atoms with Gasteiger partial charge in [0.05, 0.1) is 12.1 Å². The minimum Gasteiger partial charge on any atom is -0.462 e. The van der Waals surface area contributed by atoms with Crippen molar-refractivity contribution in [3.63, 3.8) is 0 Å². The van der Waals surface area contributed by atoms with E-state index in [1.54, 1.807) is 26.0 Å². The fourth-order valence-electron chi connectivity index (χ4n) is 1.94. The molecule has 120 valence electrons. The molecule has 0 bridgehead atoms. The summed E-state index contributed by atoms with van der Waals surface area (Å²) < 4.78 is 5.23. The molecule has 1 rings (SSSR count). The maximum atomic E-state index is 12.3. The zero-order valence-electron chi connectivity index (χ0n) is 13.2. The Morgan fingerprint density at radius 1 is 1.09 bits per heavy atom. The number of nitrogens with one attached hydrogen (secondary N) is 1. The van der Waals surface area contributed by atoms with Crippen LogP contribution in [0, 0.1) is 0 Å². The van der Waals surface area contributed by atoms with E-state index >= 15 is 0 Å². The Morgan fingerprint density at radius 2 is 1.68 bits per heavy atom. The fraction of sp³-hybridized carbons (Fsp3) is 0.438. The van der Waals surface area contributed by atoms with Gasteiger partial charge in [-0.15, -0.1) is 0 Å². The Morgan fingerprint density at radius 3 is 2.14 bits per heavy atom. The molecule has 0 aliphatic heterocycles. The average Bonchev–Trinajstić information content (AvgIpc) is 2.42. The van der Waals surface area contributed by atoms with Gasteiger partial charge in [0.1, 0.15) is 5.25 Å². The van der Waals surface area contributed by atoms with Gasteiger partial charge in [0, 0.05) is 13.8 Å². The van der Waals surface area contributed by atoms with E-state index < -0.39 is 17.3 Å². The highest BCUT2D eigenvalue weighted by Gasteiger charge is 2.34. The van der Waals surface area contributed by atoms with E-state index in [1.165, 1.54) is 13.8 Å². The second kappa shape index (κ2) is 8.58. The third kappa shape index (κ3) is 5.89. The Bertz CT molecular complexity index is 530. The van der Waals surface area contributed by atoms with E-state index in [1.807, 2.05) is 18.2 Å². The van der Waals surface area contributed by atoms with Crippen molar-refractivity contribution in [2.45, 2.75) is 45.1 Å². The van der Waals surface area contributed by atoms with Crippen LogP contribution in [-0.4, -0.2) is 28.3 Å². The van der Waals surface area contributed by atoms with Gasteiger partial charge in [0.2, 0.25) is 5.91 Å². The van der Waals surface area contributed by atoms with Crippen LogP contribution in [0.5, 0.6) is 0 Å². The van der Waals surface area contributed by atoms with Crippen molar-refractivity contribution in [1.29, 1.82) is 0 Å². The Kier molecular flexibility index (Phi) is 7.11. The predicted molar refractivity (Wildman–Crippen MR) is 86.3 cm³/mol. The Hall–Kier alpha value is -1.82. The molecule has 5 nitrogen and oxygen atoms in total. The van der Waals surface area contributed by atoms with E-state index in [4.69, 9.17) is 4.74 Å². The van der Waals surface area contributed by atoms with Gasteiger partial charge in [-0.25, -0.2) is 0 Å². The van der Waals surface area contributed by atoms with Gasteiger partial charge in [-0.05, 0) is 19.4 Å². The highest BCUT2D eigenvalue weighted by Crippen LogP contribution is 2.29. The maximum absolute atomic E-state index is 12.3. The summed E-state index contributed by atoms with van der Waals surface area (Å²) in [5.74, 6) is -0.793. The van der Waals surface area contributed by atoms with Crippen LogP contribution in [0.3, 0.4) is 0 Å². The molecule has 0 saturated carbocycles. The van der Waals surface area contributed by atoms with Crippen LogP contribution < -0.4 is 5.32 Å². The lowest BCUT2D eigenvalue weighted by molar-refractivity contribution is -0.147. The van der Waals surface area contributed by atoms with Crippen molar-refractivity contribution < 1.29 is 19.1 Å². The molecule has 1 amide bonds. The van der Waals surface area contributed by atoms with E-state index in [0.29, 0.717) is 0 Å². The summed E-state index contributed by atoms with van der Waals surface area (Å²) in [5, 5.41) is 1.70. The summed E-state index contributed by atoms with van der Waals surface area (Å²) in [6, 6.07) is 8.45. The molecule has 0 radical (unpaired) electrons. The Balaban J connectivity index is 3.14. The first-order chi connectivity index (χ1) is 10.3. The molecule has 1 aromatic rings. The summed E-state index contributed by atoms with van der Waals surface area (Å²) in [5.41, 5.74) is 0.747. The van der Waals surface area contributed by atoms with E-state index in [0.717, 1.165) is 17.3 Å². The topological polar surface area (TPSA) is 72.5 Å². The summed E-state index contributed by atoms with van der Waals surface area (Å²) in [7, 11) is 0. The van der Waals surface area contributed by atoms with Crippen LogP contribution >= 0.6 is 11.8 Å². The molecule has 6 heteroatoms. The van der Waals surface area contributed by atoms with Gasteiger partial charge >= 0.3 is 5.97 Å². The number of carbonyl (C=O) groups is 3. The number of amides is 1. The number of carbonyl (C=O) groups excluding carboxylic acids is 3. The van der Waals surface area contributed by atoms with Gasteiger partial charge in [-0.3, -0.25) is 14.4 Å². The predicted octanol–water partition coefficient (Wildman–Crippen LogP) is 2.46. The van der Waals surface area contributed by atoms with Crippen LogP contribution in [0.25, 0.3) is 0 Å². The van der Waals surface area contributed by atoms with Crippen LogP contribution in [0.1, 0.15) is 39.3 Å². The first kappa shape index (κ1) is 18.2. The normalized spacial score (nSPS) is 13.3. The van der Waals surface area contributed by atoms with E-state index in [-0.39, 0.29) is 17.1 Å². The molecule has 0 unspecified atom stereocenters. The highest BCUT2D eigenvalue weighted by molar-refractivity contribution is 8.14. The maximum Gasteiger partial charge on any atom is 0.322 e. The molecular weight excluding hydrogens is 302 g/mol. The van der Waals surface area contributed by atoms with E-state index in [2.05, 4.69) is 5.32 Å². The van der Waals surface area contributed by atoms with Gasteiger partial charge in [0.15, 0.2) is 5.12 Å². The third-order valence-corrected chi connectivity index (χ3v) is 3.75. The first-order valence-corrected chi connectivity index (χ1v) is 7.89. The second-order valence-electron chi connectivity index (χ2n) is 5.10. The number of rotatable bonds is 6. The fourth-order valence-corrected chi connectivity index (χ4v) is 2.81. The minimum absolute atomic E-state index is 0.211. The van der Waals surface area contributed by atoms with Crippen LogP contribution in [-0.2, 0) is 19.1 Å². The van der Waals surface area contributed by atoms with E-state index in [9.17, 15) is 14.4 Å². The zero-order valence-corrected chi connectivity index (χ0v) is 14.0. The number of benzene rings is 1. The molecule has 0 fully saturated rings. The van der Waals surface area contributed by atoms with Crippen molar-refractivity contribution >= 4 is 28.8 Å². The lowest BCUT2D eigenvalue weighted by Gasteiger charge is -2.26. The lowest BCUT2D eigenvalue weighted by Crippen LogP contribution is -2.39. The van der Waals surface area contributed by atoms with Gasteiger partial charge in [-0.1, -0.05) is 42.1 Å². The largest absolute Gasteiger partial charge is 0.462 e. The SMILES string of the molecule is CC(=O)N[C@@H](c1ccccc1)[C@H](SC(C)=O)C(=O)OC(C)C. The van der Waals surface area contributed by atoms with Gasteiger partial charge in [-0.2, -0.15) is 0 Å². The molecule has 0 aliphatic carbocycles. The monoisotopic (exact) mass is 323 g/mol. The zero-order chi connectivity index (χ0) is 16.7. The number of esters is 1. The minimum atomic E-state index is -0.828. The van der Waals surface area contributed by atoms with Crippen molar-refractivity contribution in [2.24, 2.45) is 0 Å². The summed E-state index contributed by atoms with van der Waals surface area (Å²) in [6.07, 6.45) is -0.295. The molecule has 1 N–H and O–H groups in total. The molecule has 2 atom stereocenters. The Labute approximate surface area is 134 Å². The van der Waals surface area contributed by atoms with Crippen molar-refractivity contribution in [3.8, 4) is 0 Å². The van der Waals surface area contributed by atoms with Crippen molar-refractivity contribution in [2.75, 3.05) is 0 Å². The molecule has 1 aromatic carbocycles. The highest BCUT2D eigenvalue weighted by atomic mass is 32.2.